The maximum Gasteiger partial charge on any atom is 0.142 e. The number of allylic oxidation sites excluding steroid dienone is 4. The van der Waals surface area contributed by atoms with Gasteiger partial charge in [0.2, 0.25) is 0 Å². The van der Waals surface area contributed by atoms with Crippen molar-refractivity contribution >= 4 is 6.29 Å². The van der Waals surface area contributed by atoms with E-state index in [4.69, 9.17) is 0 Å². The fraction of sp³-hybridized carbons (Fsp3) is 0.615. The first-order valence-corrected chi connectivity index (χ1v) is 5.60. The van der Waals surface area contributed by atoms with Gasteiger partial charge in [0.05, 0.1) is 0 Å². The second-order valence-electron chi connectivity index (χ2n) is 3.65. The van der Waals surface area contributed by atoms with Crippen molar-refractivity contribution in [2.24, 2.45) is 0 Å². The van der Waals surface area contributed by atoms with E-state index in [0.29, 0.717) is 0 Å². The highest BCUT2D eigenvalue weighted by Crippen LogP contribution is 2.07. The molecule has 0 amide bonds. The van der Waals surface area contributed by atoms with Gasteiger partial charge in [-0.05, 0) is 25.8 Å². The Kier molecular flexibility index (Phi) is 9.61. The Balaban J connectivity index is 3.41. The molecule has 80 valence electrons. The Morgan fingerprint density at radius 3 is 2.50 bits per heavy atom. The molecule has 0 atom stereocenters. The van der Waals surface area contributed by atoms with Crippen LogP contribution in [-0.2, 0) is 4.79 Å². The zero-order valence-electron chi connectivity index (χ0n) is 9.46. The van der Waals surface area contributed by atoms with Gasteiger partial charge in [-0.1, -0.05) is 50.3 Å². The lowest BCUT2D eigenvalue weighted by molar-refractivity contribution is -0.104. The van der Waals surface area contributed by atoms with E-state index in [1.165, 1.54) is 37.7 Å². The molecule has 0 spiro atoms. The highest BCUT2D eigenvalue weighted by atomic mass is 16.1. The van der Waals surface area contributed by atoms with E-state index >= 15 is 0 Å². The lowest BCUT2D eigenvalue weighted by atomic mass is 10.1. The molecule has 0 aliphatic rings. The summed E-state index contributed by atoms with van der Waals surface area (Å²) in [6.45, 7) is 4.26. The lowest BCUT2D eigenvalue weighted by Gasteiger charge is -1.97. The molecular weight excluding hydrogens is 172 g/mol. The number of hydrogen-bond acceptors (Lipinski definition) is 1. The van der Waals surface area contributed by atoms with Crippen LogP contribution in [-0.4, -0.2) is 6.29 Å². The maximum absolute atomic E-state index is 10.0. The largest absolute Gasteiger partial charge is 0.299 e. The molecule has 0 saturated carbocycles. The number of rotatable bonds is 8. The second kappa shape index (κ2) is 10.2. The van der Waals surface area contributed by atoms with Crippen LogP contribution in [0.25, 0.3) is 0 Å². The van der Waals surface area contributed by atoms with Crippen molar-refractivity contribution in [3.63, 3.8) is 0 Å². The summed E-state index contributed by atoms with van der Waals surface area (Å²) < 4.78 is 0. The SMILES string of the molecule is CCCCCCCC=C(C)C=CC=O. The predicted octanol–water partition coefficient (Wildman–Crippen LogP) is 4.05. The summed E-state index contributed by atoms with van der Waals surface area (Å²) in [6.07, 6.45) is 14.2. The van der Waals surface area contributed by atoms with Gasteiger partial charge in [-0.3, -0.25) is 4.79 Å². The van der Waals surface area contributed by atoms with Gasteiger partial charge in [-0.25, -0.2) is 0 Å². The fourth-order valence-corrected chi connectivity index (χ4v) is 1.34. The lowest BCUT2D eigenvalue weighted by Crippen LogP contribution is -1.77. The van der Waals surface area contributed by atoms with Gasteiger partial charge in [0, 0.05) is 0 Å². The first-order valence-electron chi connectivity index (χ1n) is 5.60. The molecule has 1 nitrogen and oxygen atoms in total. The van der Waals surface area contributed by atoms with Crippen LogP contribution in [0.4, 0.5) is 0 Å². The quantitative estimate of drug-likeness (QED) is 0.246. The molecule has 0 fully saturated rings. The van der Waals surface area contributed by atoms with E-state index in [0.717, 1.165) is 12.7 Å². The molecule has 0 bridgehead atoms. The molecule has 0 unspecified atom stereocenters. The van der Waals surface area contributed by atoms with E-state index in [9.17, 15) is 4.79 Å². The third kappa shape index (κ3) is 9.24. The van der Waals surface area contributed by atoms with Crippen LogP contribution in [0.1, 0.15) is 52.4 Å². The molecule has 0 N–H and O–H groups in total. The Bertz CT molecular complexity index is 189. The standard InChI is InChI=1S/C13H22O/c1-3-4-5-6-7-8-10-13(2)11-9-12-14/h9-12H,3-8H2,1-2H3. The van der Waals surface area contributed by atoms with Gasteiger partial charge in [0.1, 0.15) is 6.29 Å². The average molecular weight is 194 g/mol. The van der Waals surface area contributed by atoms with Crippen molar-refractivity contribution in [1.82, 2.24) is 0 Å². The number of hydrogen-bond donors (Lipinski definition) is 0. The summed E-state index contributed by atoms with van der Waals surface area (Å²) in [7, 11) is 0. The summed E-state index contributed by atoms with van der Waals surface area (Å²) in [5.41, 5.74) is 1.19. The average Bonchev–Trinajstić information content (AvgIpc) is 2.20. The van der Waals surface area contributed by atoms with Crippen LogP contribution in [0.5, 0.6) is 0 Å². The summed E-state index contributed by atoms with van der Waals surface area (Å²) in [4.78, 5) is 10.0. The Morgan fingerprint density at radius 1 is 1.14 bits per heavy atom. The van der Waals surface area contributed by atoms with Crippen LogP contribution >= 0.6 is 0 Å². The molecule has 0 radical (unpaired) electrons. The van der Waals surface area contributed by atoms with Gasteiger partial charge < -0.3 is 0 Å². The Morgan fingerprint density at radius 2 is 1.86 bits per heavy atom. The van der Waals surface area contributed by atoms with Crippen LogP contribution < -0.4 is 0 Å². The van der Waals surface area contributed by atoms with E-state index in [-0.39, 0.29) is 0 Å². The Hall–Kier alpha value is -0.850. The fourth-order valence-electron chi connectivity index (χ4n) is 1.34. The molecular formula is C13H22O. The highest BCUT2D eigenvalue weighted by Gasteiger charge is 1.87. The monoisotopic (exact) mass is 194 g/mol. The summed E-state index contributed by atoms with van der Waals surface area (Å²) in [6, 6.07) is 0. The van der Waals surface area contributed by atoms with Crippen LogP contribution in [0, 0.1) is 0 Å². The molecule has 0 aromatic carbocycles. The van der Waals surface area contributed by atoms with Crippen LogP contribution in [0.15, 0.2) is 23.8 Å². The summed E-state index contributed by atoms with van der Waals surface area (Å²) in [5, 5.41) is 0. The van der Waals surface area contributed by atoms with E-state index in [1.54, 1.807) is 6.08 Å². The number of unbranched alkanes of at least 4 members (excludes halogenated alkanes) is 5. The minimum absolute atomic E-state index is 0.818. The molecule has 14 heavy (non-hydrogen) atoms. The molecule has 0 rings (SSSR count). The van der Waals surface area contributed by atoms with Gasteiger partial charge in [0.15, 0.2) is 0 Å². The summed E-state index contributed by atoms with van der Waals surface area (Å²) in [5.74, 6) is 0. The van der Waals surface area contributed by atoms with Gasteiger partial charge >= 0.3 is 0 Å². The van der Waals surface area contributed by atoms with Crippen molar-refractivity contribution in [2.75, 3.05) is 0 Å². The minimum atomic E-state index is 0.818. The summed E-state index contributed by atoms with van der Waals surface area (Å²) >= 11 is 0. The maximum atomic E-state index is 10.0. The van der Waals surface area contributed by atoms with Crippen molar-refractivity contribution in [3.8, 4) is 0 Å². The van der Waals surface area contributed by atoms with Crippen molar-refractivity contribution in [2.45, 2.75) is 52.4 Å². The molecule has 0 aliphatic carbocycles. The normalized spacial score (nSPS) is 12.3. The van der Waals surface area contributed by atoms with Crippen LogP contribution in [0.3, 0.4) is 0 Å². The zero-order chi connectivity index (χ0) is 10.6. The molecule has 0 aromatic rings. The van der Waals surface area contributed by atoms with E-state index in [1.807, 2.05) is 13.0 Å². The first-order chi connectivity index (χ1) is 6.81. The smallest absolute Gasteiger partial charge is 0.142 e. The van der Waals surface area contributed by atoms with Gasteiger partial charge in [-0.2, -0.15) is 0 Å². The molecule has 1 heteroatoms. The number of carbonyl (C=O) groups is 1. The third-order valence-corrected chi connectivity index (χ3v) is 2.21. The Labute approximate surface area is 87.9 Å². The molecule has 0 heterocycles. The number of aldehydes is 1. The molecule has 0 aromatic heterocycles. The van der Waals surface area contributed by atoms with Crippen molar-refractivity contribution in [3.05, 3.63) is 23.8 Å². The van der Waals surface area contributed by atoms with Crippen molar-refractivity contribution in [1.29, 1.82) is 0 Å². The van der Waals surface area contributed by atoms with E-state index < -0.39 is 0 Å². The zero-order valence-corrected chi connectivity index (χ0v) is 9.46. The predicted molar refractivity (Wildman–Crippen MR) is 62.3 cm³/mol. The van der Waals surface area contributed by atoms with Crippen molar-refractivity contribution < 1.29 is 4.79 Å². The number of carbonyl (C=O) groups excluding carboxylic acids is 1. The van der Waals surface area contributed by atoms with Crippen LogP contribution in [0.2, 0.25) is 0 Å². The van der Waals surface area contributed by atoms with E-state index in [2.05, 4.69) is 13.0 Å². The minimum Gasteiger partial charge on any atom is -0.299 e. The highest BCUT2D eigenvalue weighted by molar-refractivity contribution is 5.65. The second-order valence-corrected chi connectivity index (χ2v) is 3.65. The topological polar surface area (TPSA) is 17.1 Å². The van der Waals surface area contributed by atoms with Gasteiger partial charge in [0.25, 0.3) is 0 Å². The molecule has 0 aliphatic heterocycles. The molecule has 0 saturated heterocycles. The first kappa shape index (κ1) is 13.2. The van der Waals surface area contributed by atoms with Gasteiger partial charge in [-0.15, -0.1) is 0 Å². The third-order valence-electron chi connectivity index (χ3n) is 2.21.